The summed E-state index contributed by atoms with van der Waals surface area (Å²) in [6.45, 7) is 0. The molecule has 0 saturated carbocycles. The fourth-order valence-electron chi connectivity index (χ4n) is 6.79. The zero-order valence-electron chi connectivity index (χ0n) is 29.7. The summed E-state index contributed by atoms with van der Waals surface area (Å²) >= 11 is 7.03. The number of rotatable bonds is 8. The summed E-state index contributed by atoms with van der Waals surface area (Å²) in [6, 6.07) is 41.1. The van der Waals surface area contributed by atoms with Gasteiger partial charge in [-0.05, 0) is 89.0 Å². The Kier molecular flexibility index (Phi) is 10.9. The minimum absolute atomic E-state index is 0.128. The molecule has 7 rings (SSSR count). The summed E-state index contributed by atoms with van der Waals surface area (Å²) in [5.74, 6) is 0. The number of halogens is 1. The first-order chi connectivity index (χ1) is 26.4. The van der Waals surface area contributed by atoms with Gasteiger partial charge in [0.25, 0.3) is 0 Å². The summed E-state index contributed by atoms with van der Waals surface area (Å²) in [4.78, 5) is 4.16. The molecule has 0 amide bonds. The van der Waals surface area contributed by atoms with Gasteiger partial charge in [-0.3, -0.25) is 0 Å². The Bertz CT molecular complexity index is 2380. The van der Waals surface area contributed by atoms with E-state index in [9.17, 15) is 0 Å². The predicted molar refractivity (Wildman–Crippen MR) is 246 cm³/mol. The van der Waals surface area contributed by atoms with Crippen LogP contribution in [0.3, 0.4) is 0 Å². The second kappa shape index (κ2) is 15.7. The highest BCUT2D eigenvalue weighted by Gasteiger charge is 2.21. The van der Waals surface area contributed by atoms with E-state index < -0.39 is 0 Å². The van der Waals surface area contributed by atoms with Crippen molar-refractivity contribution in [3.63, 3.8) is 0 Å². The summed E-state index contributed by atoms with van der Waals surface area (Å²) in [6.07, 6.45) is 0. The Balaban J connectivity index is 1.49. The van der Waals surface area contributed by atoms with Crippen molar-refractivity contribution < 1.29 is 0 Å². The number of para-hydroxylation sites is 2. The van der Waals surface area contributed by atoms with E-state index in [1.54, 1.807) is 0 Å². The van der Waals surface area contributed by atoms with Gasteiger partial charge >= 0.3 is 0 Å². The Morgan fingerprint density at radius 1 is 0.291 bits per heavy atom. The molecule has 236 valence electrons. The molecule has 0 aliphatic heterocycles. The SMILES string of the molecule is [B]c1c([B])c([B])c(-c2cccc(N(c3cccc(-c4c([B])c([B])c([B])c([B])c4[B])c3)c3cc(Cl)cc(N(c4ccccc4)c4ccccc4)c3)c2)c([B])c1[B]. The molecule has 0 aliphatic rings. The van der Waals surface area contributed by atoms with Gasteiger partial charge in [-0.15, -0.1) is 32.8 Å². The molecule has 0 heterocycles. The first-order valence-electron chi connectivity index (χ1n) is 17.1. The molecular formula is C42H21B10ClN2. The Morgan fingerprint density at radius 3 is 0.964 bits per heavy atom. The summed E-state index contributed by atoms with van der Waals surface area (Å²) in [5.41, 5.74) is 8.72. The van der Waals surface area contributed by atoms with E-state index in [-0.39, 0.29) is 54.6 Å². The molecule has 0 bridgehead atoms. The van der Waals surface area contributed by atoms with E-state index in [1.165, 1.54) is 0 Å². The summed E-state index contributed by atoms with van der Waals surface area (Å²) < 4.78 is 0. The van der Waals surface area contributed by atoms with Gasteiger partial charge in [0.2, 0.25) is 0 Å². The molecule has 0 N–H and O–H groups in total. The normalized spacial score (nSPS) is 11.0. The number of anilines is 6. The van der Waals surface area contributed by atoms with Crippen LogP contribution in [0.4, 0.5) is 34.1 Å². The van der Waals surface area contributed by atoms with Crippen LogP contribution in [0.5, 0.6) is 0 Å². The first kappa shape index (κ1) is 38.4. The van der Waals surface area contributed by atoms with E-state index >= 15 is 0 Å². The van der Waals surface area contributed by atoms with Crippen LogP contribution in [0.25, 0.3) is 22.3 Å². The maximum atomic E-state index is 7.03. The van der Waals surface area contributed by atoms with Crippen molar-refractivity contribution in [2.75, 3.05) is 9.80 Å². The number of hydrogen-bond acceptors (Lipinski definition) is 2. The van der Waals surface area contributed by atoms with Crippen LogP contribution in [-0.4, -0.2) is 78.5 Å². The van der Waals surface area contributed by atoms with Crippen molar-refractivity contribution >= 4 is 179 Å². The number of benzene rings is 7. The van der Waals surface area contributed by atoms with Crippen molar-refractivity contribution in [1.82, 2.24) is 0 Å². The van der Waals surface area contributed by atoms with Gasteiger partial charge in [0.1, 0.15) is 78.5 Å². The quantitative estimate of drug-likeness (QED) is 0.215. The Hall–Kier alpha value is -4.92. The van der Waals surface area contributed by atoms with Gasteiger partial charge in [0.15, 0.2) is 0 Å². The zero-order chi connectivity index (χ0) is 39.1. The van der Waals surface area contributed by atoms with Gasteiger partial charge < -0.3 is 9.80 Å². The molecule has 0 aliphatic carbocycles. The van der Waals surface area contributed by atoms with Gasteiger partial charge in [-0.25, -0.2) is 0 Å². The van der Waals surface area contributed by atoms with E-state index in [0.29, 0.717) is 44.3 Å². The zero-order valence-corrected chi connectivity index (χ0v) is 30.4. The van der Waals surface area contributed by atoms with Gasteiger partial charge in [0, 0.05) is 39.1 Å². The Labute approximate surface area is 341 Å². The average Bonchev–Trinajstić information content (AvgIpc) is 3.19. The maximum Gasteiger partial charge on any atom is 0.113 e. The van der Waals surface area contributed by atoms with Crippen molar-refractivity contribution in [2.45, 2.75) is 0 Å². The molecule has 0 saturated heterocycles. The van der Waals surface area contributed by atoms with Crippen LogP contribution in [0, 0.1) is 0 Å². The van der Waals surface area contributed by atoms with Crippen molar-refractivity contribution in [3.8, 4) is 22.3 Å². The highest BCUT2D eigenvalue weighted by molar-refractivity contribution is 6.70. The molecule has 55 heavy (non-hydrogen) atoms. The van der Waals surface area contributed by atoms with E-state index in [2.05, 4.69) is 11.0 Å². The standard InChI is InChI=1S/C42H21B10ClN2/c43-33-31(34(44)38(48)41(51)37(33)47)22-9-7-15-27(17-22)55(28-16-8-10-23(18-28)32-35(45)39(49)42(52)40(50)36(32)46)30-20-24(53)19-29(21-30)54(25-11-3-1-4-12-25)26-13-5-2-6-14-26/h1-21H. The lowest BCUT2D eigenvalue weighted by atomic mass is 9.59. The van der Waals surface area contributed by atoms with Crippen LogP contribution < -0.4 is 64.4 Å². The number of hydrogen-bond donors (Lipinski definition) is 0. The maximum absolute atomic E-state index is 7.03. The van der Waals surface area contributed by atoms with Crippen LogP contribution in [0.1, 0.15) is 0 Å². The van der Waals surface area contributed by atoms with Crippen LogP contribution >= 0.6 is 11.6 Å². The van der Waals surface area contributed by atoms with Crippen molar-refractivity contribution in [2.24, 2.45) is 0 Å². The van der Waals surface area contributed by atoms with Crippen LogP contribution in [0.15, 0.2) is 127 Å². The topological polar surface area (TPSA) is 6.48 Å². The van der Waals surface area contributed by atoms with Crippen molar-refractivity contribution in [3.05, 3.63) is 132 Å². The number of nitrogens with zero attached hydrogens (tertiary/aromatic N) is 2. The largest absolute Gasteiger partial charge is 0.310 e. The second-order valence-corrected chi connectivity index (χ2v) is 13.4. The monoisotopic (exact) mass is 698 g/mol. The molecule has 0 aromatic heterocycles. The van der Waals surface area contributed by atoms with E-state index in [4.69, 9.17) is 90.1 Å². The molecule has 0 atom stereocenters. The highest BCUT2D eigenvalue weighted by atomic mass is 35.5. The molecule has 20 radical (unpaired) electrons. The third kappa shape index (κ3) is 7.18. The second-order valence-electron chi connectivity index (χ2n) is 13.0. The molecule has 0 spiro atoms. The fraction of sp³-hybridized carbons (Fsp3) is 0. The van der Waals surface area contributed by atoms with Gasteiger partial charge in [-0.1, -0.05) is 94.1 Å². The summed E-state index contributed by atoms with van der Waals surface area (Å²) in [5, 5.41) is 0.488. The van der Waals surface area contributed by atoms with Crippen LogP contribution in [0.2, 0.25) is 5.02 Å². The minimum atomic E-state index is 0.128. The minimum Gasteiger partial charge on any atom is -0.310 e. The molecule has 13 heteroatoms. The molecule has 7 aromatic rings. The first-order valence-corrected chi connectivity index (χ1v) is 17.5. The molecule has 0 unspecified atom stereocenters. The third-order valence-electron chi connectivity index (χ3n) is 9.60. The lowest BCUT2D eigenvalue weighted by Crippen LogP contribution is -2.55. The highest BCUT2D eigenvalue weighted by Crippen LogP contribution is 2.43. The smallest absolute Gasteiger partial charge is 0.113 e. The predicted octanol–water partition coefficient (Wildman–Crippen LogP) is 0.552. The lowest BCUT2D eigenvalue weighted by Gasteiger charge is -2.30. The molecule has 7 aromatic carbocycles. The molecule has 2 nitrogen and oxygen atoms in total. The average molecular weight is 697 g/mol. The third-order valence-corrected chi connectivity index (χ3v) is 9.82. The Morgan fingerprint density at radius 2 is 0.600 bits per heavy atom. The molecule has 0 fully saturated rings. The molecular weight excluding hydrogens is 676 g/mol. The van der Waals surface area contributed by atoms with Crippen LogP contribution in [-0.2, 0) is 0 Å². The van der Waals surface area contributed by atoms with E-state index in [0.717, 1.165) is 17.1 Å². The fourth-order valence-corrected chi connectivity index (χ4v) is 7.01. The van der Waals surface area contributed by atoms with Crippen molar-refractivity contribution in [1.29, 1.82) is 0 Å². The van der Waals surface area contributed by atoms with E-state index in [1.807, 2.05) is 126 Å². The summed E-state index contributed by atoms with van der Waals surface area (Å²) in [7, 11) is 63.6. The van der Waals surface area contributed by atoms with Gasteiger partial charge in [-0.2, -0.15) is 0 Å². The lowest BCUT2D eigenvalue weighted by molar-refractivity contribution is 1.25. The van der Waals surface area contributed by atoms with Gasteiger partial charge in [0.05, 0.1) is 0 Å².